The third-order valence-corrected chi connectivity index (χ3v) is 11.4. The van der Waals surface area contributed by atoms with Crippen LogP contribution in [0.3, 0.4) is 0 Å². The number of hydrogen-bond donors (Lipinski definition) is 4. The highest BCUT2D eigenvalue weighted by Gasteiger charge is 2.38. The predicted molar refractivity (Wildman–Crippen MR) is 176 cm³/mol. The molecule has 2 atom stereocenters. The second-order valence-electron chi connectivity index (χ2n) is 10.2. The lowest BCUT2D eigenvalue weighted by Gasteiger charge is -2.37. The van der Waals surface area contributed by atoms with Crippen LogP contribution >= 0.6 is 65.8 Å². The largest absolute Gasteiger partial charge is 0.481 e. The van der Waals surface area contributed by atoms with Crippen molar-refractivity contribution in [1.29, 1.82) is 0 Å². The first-order valence-electron chi connectivity index (χ1n) is 14.6. The Labute approximate surface area is 284 Å². The first-order valence-corrected chi connectivity index (χ1v) is 19.5. The van der Waals surface area contributed by atoms with Crippen molar-refractivity contribution >= 4 is 89.6 Å². The van der Waals surface area contributed by atoms with E-state index >= 15 is 0 Å². The van der Waals surface area contributed by atoms with Gasteiger partial charge in [-0.25, -0.2) is 14.1 Å². The Kier molecular flexibility index (Phi) is 22.4. The lowest BCUT2D eigenvalue weighted by Crippen LogP contribution is -2.55. The minimum absolute atomic E-state index is 0.00477. The lowest BCUT2D eigenvalue weighted by molar-refractivity contribution is -0.144. The van der Waals surface area contributed by atoms with Crippen molar-refractivity contribution in [3.8, 4) is 0 Å². The van der Waals surface area contributed by atoms with Gasteiger partial charge in [0.2, 0.25) is 11.8 Å². The number of aliphatic carboxylic acids is 2. The van der Waals surface area contributed by atoms with Crippen molar-refractivity contribution in [3.05, 3.63) is 0 Å². The van der Waals surface area contributed by atoms with Crippen LogP contribution in [0.5, 0.6) is 0 Å². The van der Waals surface area contributed by atoms with Crippen LogP contribution in [0, 0.1) is 5.92 Å². The molecule has 0 radical (unpaired) electrons. The zero-order valence-corrected chi connectivity index (χ0v) is 29.5. The van der Waals surface area contributed by atoms with E-state index in [1.54, 1.807) is 9.34 Å². The molecule has 0 spiro atoms. The number of alkyl halides is 4. The number of carbonyl (C=O) groups excluding carboxylic acids is 2. The van der Waals surface area contributed by atoms with Crippen molar-refractivity contribution in [2.75, 3.05) is 67.8 Å². The zero-order valence-electron chi connectivity index (χ0n) is 24.8. The summed E-state index contributed by atoms with van der Waals surface area (Å²) < 4.78 is 23.3. The SMILES string of the molecule is O=C(O)CCCC(=O)NC(CSCCOP(=O)(N(CCCl)CCCl)N(CCCl)CCCl)C(=O)NC(C(=O)O)C1CCCCC1. The van der Waals surface area contributed by atoms with Gasteiger partial charge in [0.25, 0.3) is 0 Å². The summed E-state index contributed by atoms with van der Waals surface area (Å²) in [4.78, 5) is 48.7. The van der Waals surface area contributed by atoms with Crippen molar-refractivity contribution in [2.24, 2.45) is 5.92 Å². The minimum Gasteiger partial charge on any atom is -0.481 e. The van der Waals surface area contributed by atoms with Crippen LogP contribution in [0.15, 0.2) is 0 Å². The van der Waals surface area contributed by atoms with Crippen LogP contribution in [-0.2, 0) is 28.3 Å². The zero-order chi connectivity index (χ0) is 33.0. The quantitative estimate of drug-likeness (QED) is 0.0599. The number of carbonyl (C=O) groups is 4. The van der Waals surface area contributed by atoms with Gasteiger partial charge >= 0.3 is 19.6 Å². The lowest BCUT2D eigenvalue weighted by atomic mass is 9.84. The molecule has 2 amide bonds. The van der Waals surface area contributed by atoms with Crippen LogP contribution in [-0.4, -0.2) is 123 Å². The van der Waals surface area contributed by atoms with Gasteiger partial charge in [-0.05, 0) is 25.2 Å². The summed E-state index contributed by atoms with van der Waals surface area (Å²) in [5, 5.41) is 23.9. The number of nitrogens with zero attached hydrogens (tertiary/aromatic N) is 2. The van der Waals surface area contributed by atoms with Crippen LogP contribution in [0.25, 0.3) is 0 Å². The Bertz CT molecular complexity index is 906. The fourth-order valence-corrected chi connectivity index (χ4v) is 9.50. The fourth-order valence-electron chi connectivity index (χ4n) is 4.83. The van der Waals surface area contributed by atoms with E-state index in [1.807, 2.05) is 0 Å². The number of hydrogen-bond acceptors (Lipinski definition) is 7. The van der Waals surface area contributed by atoms with Crippen LogP contribution in [0.4, 0.5) is 0 Å². The summed E-state index contributed by atoms with van der Waals surface area (Å²) >= 11 is 25.1. The summed E-state index contributed by atoms with van der Waals surface area (Å²) in [7, 11) is -3.62. The number of carboxylic acid groups (broad SMARTS) is 2. The topological polar surface area (TPSA) is 166 Å². The molecule has 18 heteroatoms. The molecule has 1 saturated carbocycles. The van der Waals surface area contributed by atoms with Crippen molar-refractivity contribution < 1.29 is 38.5 Å². The van der Waals surface area contributed by atoms with E-state index in [-0.39, 0.29) is 93.0 Å². The Morgan fingerprint density at radius 2 is 1.41 bits per heavy atom. The molecular formula is C26H45Cl4N4O8PS. The smallest absolute Gasteiger partial charge is 0.346 e. The molecule has 0 aromatic rings. The molecule has 0 aromatic heterocycles. The van der Waals surface area contributed by atoms with E-state index in [0.29, 0.717) is 12.8 Å². The number of amides is 2. The third-order valence-electron chi connectivity index (χ3n) is 6.99. The number of nitrogens with one attached hydrogen (secondary N) is 2. The van der Waals surface area contributed by atoms with Gasteiger partial charge in [-0.3, -0.25) is 18.9 Å². The Balaban J connectivity index is 2.97. The molecule has 0 aromatic carbocycles. The molecular weight excluding hydrogens is 701 g/mol. The standard InChI is InChI=1S/C26H45Cl4N4O8PS/c27-9-13-33(14-10-28)43(41,34(15-11-29)16-12-30)42-17-18-44-19-21(31-22(35)7-4-8-23(36)37)25(38)32-24(26(39)40)20-5-2-1-3-6-20/h20-21,24H,1-19H2,(H,31,35)(H,32,38)(H,36,37)(H,39,40). The number of halogens is 4. The van der Waals surface area contributed by atoms with Gasteiger partial charge in [0.1, 0.15) is 12.1 Å². The summed E-state index contributed by atoms with van der Waals surface area (Å²) in [6.07, 6.45) is 3.94. The van der Waals surface area contributed by atoms with E-state index in [2.05, 4.69) is 10.6 Å². The Hall–Kier alpha value is -0.500. The van der Waals surface area contributed by atoms with Crippen molar-refractivity contribution in [3.63, 3.8) is 0 Å². The molecule has 0 bridgehead atoms. The molecule has 0 heterocycles. The van der Waals surface area contributed by atoms with Gasteiger partial charge in [-0.1, -0.05) is 19.3 Å². The average molecular weight is 747 g/mol. The molecule has 44 heavy (non-hydrogen) atoms. The predicted octanol–water partition coefficient (Wildman–Crippen LogP) is 4.29. The second-order valence-corrected chi connectivity index (χ2v) is 15.2. The number of thioether (sulfide) groups is 1. The van der Waals surface area contributed by atoms with Gasteiger partial charge in [0.05, 0.1) is 6.61 Å². The van der Waals surface area contributed by atoms with Crippen LogP contribution in [0.2, 0.25) is 0 Å². The van der Waals surface area contributed by atoms with Gasteiger partial charge in [-0.2, -0.15) is 11.8 Å². The van der Waals surface area contributed by atoms with Crippen molar-refractivity contribution in [1.82, 2.24) is 20.0 Å². The molecule has 1 aliphatic carbocycles. The highest BCUT2D eigenvalue weighted by molar-refractivity contribution is 7.99. The van der Waals surface area contributed by atoms with Gasteiger partial charge < -0.3 is 25.4 Å². The van der Waals surface area contributed by atoms with E-state index in [4.69, 9.17) is 56.0 Å². The number of rotatable bonds is 25. The summed E-state index contributed by atoms with van der Waals surface area (Å²) in [5.41, 5.74) is 0. The highest BCUT2D eigenvalue weighted by Crippen LogP contribution is 2.54. The first-order chi connectivity index (χ1) is 21.0. The summed E-state index contributed by atoms with van der Waals surface area (Å²) in [6.45, 7) is 1.01. The van der Waals surface area contributed by atoms with Crippen molar-refractivity contribution in [2.45, 2.75) is 63.5 Å². The van der Waals surface area contributed by atoms with Gasteiger partial charge in [-0.15, -0.1) is 46.4 Å². The molecule has 2 unspecified atom stereocenters. The molecule has 4 N–H and O–H groups in total. The molecule has 256 valence electrons. The summed E-state index contributed by atoms with van der Waals surface area (Å²) in [5.74, 6) is -2.43. The molecule has 1 aliphatic rings. The molecule has 0 saturated heterocycles. The summed E-state index contributed by atoms with van der Waals surface area (Å²) in [6, 6.07) is -2.17. The maximum Gasteiger partial charge on any atom is 0.346 e. The van der Waals surface area contributed by atoms with E-state index in [0.717, 1.165) is 19.3 Å². The second kappa shape index (κ2) is 23.8. The highest BCUT2D eigenvalue weighted by atomic mass is 35.5. The molecule has 12 nitrogen and oxygen atoms in total. The van der Waals surface area contributed by atoms with Crippen LogP contribution < -0.4 is 10.6 Å². The Morgan fingerprint density at radius 3 is 1.89 bits per heavy atom. The van der Waals surface area contributed by atoms with E-state index < -0.39 is 43.5 Å². The minimum atomic E-state index is -3.62. The molecule has 1 rings (SSSR count). The first kappa shape index (κ1) is 41.5. The molecule has 0 aliphatic heterocycles. The van der Waals surface area contributed by atoms with Gasteiger partial charge in [0.15, 0.2) is 0 Å². The monoisotopic (exact) mass is 744 g/mol. The average Bonchev–Trinajstić information content (AvgIpc) is 2.98. The molecule has 1 fully saturated rings. The normalized spacial score (nSPS) is 15.7. The van der Waals surface area contributed by atoms with E-state index in [1.165, 1.54) is 11.8 Å². The number of carboxylic acids is 2. The maximum atomic E-state index is 14.2. The van der Waals surface area contributed by atoms with Crippen LogP contribution in [0.1, 0.15) is 51.4 Å². The van der Waals surface area contributed by atoms with Gasteiger partial charge in [0, 0.05) is 74.0 Å². The third kappa shape index (κ3) is 15.4. The Morgan fingerprint density at radius 1 is 0.864 bits per heavy atom. The maximum absolute atomic E-state index is 14.2. The van der Waals surface area contributed by atoms with E-state index in [9.17, 15) is 28.8 Å². The fraction of sp³-hybridized carbons (Fsp3) is 0.846.